The van der Waals surface area contributed by atoms with Gasteiger partial charge in [-0.2, -0.15) is 4.98 Å². The maximum absolute atomic E-state index is 5.17. The fraction of sp³-hybridized carbons (Fsp3) is 0.450. The zero-order chi connectivity index (χ0) is 18.2. The first-order chi connectivity index (χ1) is 13.3. The maximum atomic E-state index is 5.17. The normalized spacial score (nSPS) is 18.0. The van der Waals surface area contributed by atoms with E-state index in [2.05, 4.69) is 36.9 Å². The molecule has 0 bridgehead atoms. The molecular weight excluding hydrogens is 340 g/mol. The van der Waals surface area contributed by atoms with Gasteiger partial charge >= 0.3 is 0 Å². The van der Waals surface area contributed by atoms with Gasteiger partial charge in [0.1, 0.15) is 5.82 Å². The predicted molar refractivity (Wildman–Crippen MR) is 105 cm³/mol. The van der Waals surface area contributed by atoms with Gasteiger partial charge in [-0.25, -0.2) is 9.97 Å². The molecule has 1 aromatic carbocycles. The minimum absolute atomic E-state index is 0.528. The Morgan fingerprint density at radius 3 is 2.85 bits per heavy atom. The Morgan fingerprint density at radius 1 is 1.11 bits per heavy atom. The fourth-order valence-electron chi connectivity index (χ4n) is 4.04. The minimum Gasteiger partial charge on any atom is -0.481 e. The Balaban J connectivity index is 1.41. The molecule has 2 aliphatic rings. The van der Waals surface area contributed by atoms with Crippen LogP contribution in [-0.4, -0.2) is 50.7 Å². The third-order valence-electron chi connectivity index (χ3n) is 5.75. The van der Waals surface area contributed by atoms with Gasteiger partial charge in [-0.05, 0) is 31.0 Å². The zero-order valence-corrected chi connectivity index (χ0v) is 15.6. The van der Waals surface area contributed by atoms with Gasteiger partial charge < -0.3 is 14.6 Å². The predicted octanol–water partition coefficient (Wildman–Crippen LogP) is 2.99. The average molecular weight is 364 g/mol. The van der Waals surface area contributed by atoms with Crippen molar-refractivity contribution in [2.75, 3.05) is 25.5 Å². The second kappa shape index (κ2) is 6.81. The standard InChI is InChI=1S/C20H24N6O/c1-27-19-7-9-21-20(24-19)22-14-5-6-16-17(13-14)26-12-11-25(15-3-2-4-15)10-8-18(26)23-16/h5-7,9,13,15H,2-4,8,10-12H2,1H3,(H,21,22,24). The van der Waals surface area contributed by atoms with E-state index in [0.717, 1.165) is 43.3 Å². The summed E-state index contributed by atoms with van der Waals surface area (Å²) in [6, 6.07) is 8.78. The van der Waals surface area contributed by atoms with E-state index in [9.17, 15) is 0 Å². The van der Waals surface area contributed by atoms with Crippen LogP contribution in [0.3, 0.4) is 0 Å². The van der Waals surface area contributed by atoms with Gasteiger partial charge in [0.2, 0.25) is 11.8 Å². The van der Waals surface area contributed by atoms with Gasteiger partial charge in [0.05, 0.1) is 18.1 Å². The summed E-state index contributed by atoms with van der Waals surface area (Å²) in [6.07, 6.45) is 6.81. The van der Waals surface area contributed by atoms with Crippen LogP contribution in [0.1, 0.15) is 25.1 Å². The SMILES string of the molecule is COc1ccnc(Nc2ccc3nc4n(c3c2)CCN(C2CCC2)CC4)n1. The molecule has 0 saturated heterocycles. The molecule has 7 nitrogen and oxygen atoms in total. The number of fused-ring (bicyclic) bond motifs is 3. The van der Waals surface area contributed by atoms with Crippen molar-refractivity contribution in [1.29, 1.82) is 0 Å². The molecule has 0 spiro atoms. The van der Waals surface area contributed by atoms with Crippen molar-refractivity contribution in [3.05, 3.63) is 36.3 Å². The molecule has 1 fully saturated rings. The van der Waals surface area contributed by atoms with Gasteiger partial charge in [-0.3, -0.25) is 4.90 Å². The summed E-state index contributed by atoms with van der Waals surface area (Å²) in [5, 5.41) is 3.27. The summed E-state index contributed by atoms with van der Waals surface area (Å²) in [4.78, 5) is 16.1. The van der Waals surface area contributed by atoms with E-state index in [1.54, 1.807) is 19.4 Å². The van der Waals surface area contributed by atoms with Crippen LogP contribution in [0.5, 0.6) is 5.88 Å². The van der Waals surface area contributed by atoms with E-state index in [1.807, 2.05) is 6.07 Å². The van der Waals surface area contributed by atoms with Gasteiger partial charge in [0.25, 0.3) is 0 Å². The lowest BCUT2D eigenvalue weighted by Gasteiger charge is -2.36. The van der Waals surface area contributed by atoms with Gasteiger partial charge in [0, 0.05) is 50.0 Å². The topological polar surface area (TPSA) is 68.1 Å². The Morgan fingerprint density at radius 2 is 2.04 bits per heavy atom. The fourth-order valence-corrected chi connectivity index (χ4v) is 4.04. The molecule has 0 amide bonds. The van der Waals surface area contributed by atoms with Crippen LogP contribution in [0.2, 0.25) is 0 Å². The Hall–Kier alpha value is -2.67. The van der Waals surface area contributed by atoms with E-state index in [1.165, 1.54) is 30.6 Å². The third kappa shape index (κ3) is 3.12. The molecule has 5 rings (SSSR count). The number of nitrogens with one attached hydrogen (secondary N) is 1. The summed E-state index contributed by atoms with van der Waals surface area (Å²) in [5.41, 5.74) is 3.19. The van der Waals surface area contributed by atoms with Crippen molar-refractivity contribution in [3.63, 3.8) is 0 Å². The molecule has 1 aliphatic carbocycles. The van der Waals surface area contributed by atoms with Gasteiger partial charge in [0.15, 0.2) is 0 Å². The van der Waals surface area contributed by atoms with Crippen LogP contribution < -0.4 is 10.1 Å². The Kier molecular flexibility index (Phi) is 4.16. The highest BCUT2D eigenvalue weighted by molar-refractivity contribution is 5.81. The number of benzene rings is 1. The number of aromatic nitrogens is 4. The van der Waals surface area contributed by atoms with Crippen molar-refractivity contribution in [2.45, 2.75) is 38.3 Å². The molecule has 3 heterocycles. The molecule has 27 heavy (non-hydrogen) atoms. The van der Waals surface area contributed by atoms with Crippen molar-refractivity contribution < 1.29 is 4.74 Å². The number of imidazole rings is 1. The zero-order valence-electron chi connectivity index (χ0n) is 15.6. The number of rotatable bonds is 4. The number of hydrogen-bond acceptors (Lipinski definition) is 6. The highest BCUT2D eigenvalue weighted by Crippen LogP contribution is 2.28. The molecule has 140 valence electrons. The summed E-state index contributed by atoms with van der Waals surface area (Å²) >= 11 is 0. The molecule has 1 saturated carbocycles. The lowest BCUT2D eigenvalue weighted by molar-refractivity contribution is 0.130. The monoisotopic (exact) mass is 364 g/mol. The lowest BCUT2D eigenvalue weighted by Crippen LogP contribution is -2.41. The number of methoxy groups -OCH3 is 1. The van der Waals surface area contributed by atoms with Crippen LogP contribution in [0.4, 0.5) is 11.6 Å². The van der Waals surface area contributed by atoms with Crippen molar-refractivity contribution in [1.82, 2.24) is 24.4 Å². The quantitative estimate of drug-likeness (QED) is 0.768. The second-order valence-corrected chi connectivity index (χ2v) is 7.30. The molecule has 3 aromatic rings. The van der Waals surface area contributed by atoms with E-state index >= 15 is 0 Å². The average Bonchev–Trinajstić information content (AvgIpc) is 2.86. The van der Waals surface area contributed by atoms with Crippen LogP contribution in [0.15, 0.2) is 30.5 Å². The number of ether oxygens (including phenoxy) is 1. The van der Waals surface area contributed by atoms with E-state index in [-0.39, 0.29) is 0 Å². The molecule has 0 atom stereocenters. The molecule has 2 aromatic heterocycles. The Labute approximate surface area is 158 Å². The maximum Gasteiger partial charge on any atom is 0.230 e. The van der Waals surface area contributed by atoms with Gasteiger partial charge in [-0.1, -0.05) is 6.42 Å². The first kappa shape index (κ1) is 16.5. The summed E-state index contributed by atoms with van der Waals surface area (Å²) in [5.74, 6) is 2.27. The summed E-state index contributed by atoms with van der Waals surface area (Å²) in [7, 11) is 1.60. The second-order valence-electron chi connectivity index (χ2n) is 7.30. The Bertz CT molecular complexity index is 964. The van der Waals surface area contributed by atoms with E-state index in [4.69, 9.17) is 9.72 Å². The molecule has 7 heteroatoms. The minimum atomic E-state index is 0.528. The lowest BCUT2D eigenvalue weighted by atomic mass is 9.91. The highest BCUT2D eigenvalue weighted by Gasteiger charge is 2.27. The van der Waals surface area contributed by atoms with Crippen molar-refractivity contribution in [2.24, 2.45) is 0 Å². The first-order valence-electron chi connectivity index (χ1n) is 9.67. The number of hydrogen-bond donors (Lipinski definition) is 1. The van der Waals surface area contributed by atoms with E-state index < -0.39 is 0 Å². The van der Waals surface area contributed by atoms with Crippen molar-refractivity contribution >= 4 is 22.7 Å². The number of nitrogens with zero attached hydrogens (tertiary/aromatic N) is 5. The van der Waals surface area contributed by atoms with Crippen LogP contribution >= 0.6 is 0 Å². The third-order valence-corrected chi connectivity index (χ3v) is 5.75. The van der Waals surface area contributed by atoms with Crippen molar-refractivity contribution in [3.8, 4) is 5.88 Å². The molecule has 0 unspecified atom stereocenters. The smallest absolute Gasteiger partial charge is 0.230 e. The van der Waals surface area contributed by atoms with Crippen LogP contribution in [-0.2, 0) is 13.0 Å². The van der Waals surface area contributed by atoms with Crippen LogP contribution in [0, 0.1) is 0 Å². The largest absolute Gasteiger partial charge is 0.481 e. The molecule has 0 radical (unpaired) electrons. The summed E-state index contributed by atoms with van der Waals surface area (Å²) in [6.45, 7) is 3.23. The highest BCUT2D eigenvalue weighted by atomic mass is 16.5. The number of anilines is 2. The van der Waals surface area contributed by atoms with E-state index in [0.29, 0.717) is 11.8 Å². The summed E-state index contributed by atoms with van der Waals surface area (Å²) < 4.78 is 7.55. The molecular formula is C20H24N6O. The molecule has 1 aliphatic heterocycles. The van der Waals surface area contributed by atoms with Gasteiger partial charge in [-0.15, -0.1) is 0 Å². The first-order valence-corrected chi connectivity index (χ1v) is 9.67. The van der Waals surface area contributed by atoms with Crippen LogP contribution in [0.25, 0.3) is 11.0 Å². The molecule has 1 N–H and O–H groups in total.